The molecule has 0 aliphatic heterocycles. The van der Waals surface area contributed by atoms with E-state index in [-0.39, 0.29) is 24.6 Å². The number of carbonyl (C=O) groups is 2. The van der Waals surface area contributed by atoms with E-state index in [1.54, 1.807) is 23.6 Å². The van der Waals surface area contributed by atoms with Crippen molar-refractivity contribution in [1.82, 2.24) is 15.6 Å². The normalized spacial score (nSPS) is 17.3. The number of hydrogen-bond donors (Lipinski definition) is 3. The Labute approximate surface area is 230 Å². The van der Waals surface area contributed by atoms with Crippen molar-refractivity contribution in [3.05, 3.63) is 74.2 Å². The van der Waals surface area contributed by atoms with Crippen LogP contribution in [0.4, 0.5) is 10.5 Å². The summed E-state index contributed by atoms with van der Waals surface area (Å²) >= 11 is 13.7. The van der Waals surface area contributed by atoms with Gasteiger partial charge in [-0.3, -0.25) is 4.79 Å². The van der Waals surface area contributed by atoms with Crippen molar-refractivity contribution < 1.29 is 14.3 Å². The molecule has 1 aliphatic rings. The second kappa shape index (κ2) is 12.6. The van der Waals surface area contributed by atoms with Crippen LogP contribution in [0.25, 0.3) is 0 Å². The quantitative estimate of drug-likeness (QED) is 0.276. The van der Waals surface area contributed by atoms with Crippen molar-refractivity contribution in [3.63, 3.8) is 0 Å². The molecule has 2 atom stereocenters. The largest absolute Gasteiger partial charge is 0.486 e. The van der Waals surface area contributed by atoms with Crippen LogP contribution in [-0.2, 0) is 6.61 Å². The standard InChI is InChI=1S/C27H30Cl2N4O3S/c1-16(2)17-10-12-18(13-11-17)36-14-24-30-23(15-37-24)26(34)31-21-8-3-4-9-22(21)32-27(35)33-25-19(28)6-5-7-20(25)29/h5-7,10-13,15-16,21-22H,3-4,8-9,14H2,1-2H3,(H,31,34)(H2,32,33,35)/t21-,22-/m1/s1. The summed E-state index contributed by atoms with van der Waals surface area (Å²) in [6.07, 6.45) is 3.43. The van der Waals surface area contributed by atoms with Crippen molar-refractivity contribution in [2.45, 2.75) is 64.1 Å². The van der Waals surface area contributed by atoms with Gasteiger partial charge in [0.15, 0.2) is 0 Å². The van der Waals surface area contributed by atoms with Gasteiger partial charge in [-0.1, -0.05) is 68.1 Å². The Bertz CT molecular complexity index is 1210. The van der Waals surface area contributed by atoms with Crippen molar-refractivity contribution >= 4 is 52.2 Å². The van der Waals surface area contributed by atoms with Crippen LogP contribution in [-0.4, -0.2) is 29.0 Å². The molecule has 1 aromatic heterocycles. The zero-order valence-corrected chi connectivity index (χ0v) is 23.1. The van der Waals surface area contributed by atoms with E-state index in [4.69, 9.17) is 27.9 Å². The first kappa shape index (κ1) is 27.2. The van der Waals surface area contributed by atoms with Gasteiger partial charge in [-0.15, -0.1) is 11.3 Å². The number of benzene rings is 2. The molecule has 3 aromatic rings. The van der Waals surface area contributed by atoms with Crippen LogP contribution in [0, 0.1) is 0 Å². The van der Waals surface area contributed by atoms with Crippen molar-refractivity contribution in [2.75, 3.05) is 5.32 Å². The van der Waals surface area contributed by atoms with E-state index in [1.807, 2.05) is 12.1 Å². The molecule has 1 aliphatic carbocycles. The molecule has 1 saturated carbocycles. The minimum atomic E-state index is -0.421. The van der Waals surface area contributed by atoms with Crippen molar-refractivity contribution in [2.24, 2.45) is 0 Å². The molecule has 2 aromatic carbocycles. The van der Waals surface area contributed by atoms with Gasteiger partial charge in [0.1, 0.15) is 23.1 Å². The Morgan fingerprint density at radius 2 is 1.68 bits per heavy atom. The SMILES string of the molecule is CC(C)c1ccc(OCc2nc(C(=O)N[C@@H]3CCCC[C@H]3NC(=O)Nc3c(Cl)cccc3Cl)cs2)cc1. The lowest BCUT2D eigenvalue weighted by atomic mass is 9.90. The van der Waals surface area contributed by atoms with E-state index in [0.29, 0.717) is 32.4 Å². The number of amides is 3. The number of thiazole rings is 1. The molecule has 1 fully saturated rings. The highest BCUT2D eigenvalue weighted by atomic mass is 35.5. The molecule has 0 unspecified atom stereocenters. The molecular weight excluding hydrogens is 531 g/mol. The predicted octanol–water partition coefficient (Wildman–Crippen LogP) is 7.02. The number of rotatable bonds is 8. The second-order valence-electron chi connectivity index (χ2n) is 9.30. The first-order valence-corrected chi connectivity index (χ1v) is 13.9. The molecule has 1 heterocycles. The zero-order chi connectivity index (χ0) is 26.4. The highest BCUT2D eigenvalue weighted by Gasteiger charge is 2.29. The molecule has 4 rings (SSSR count). The summed E-state index contributed by atoms with van der Waals surface area (Å²) in [6, 6.07) is 12.2. The van der Waals surface area contributed by atoms with Crippen LogP contribution in [0.2, 0.25) is 10.0 Å². The van der Waals surface area contributed by atoms with Gasteiger partial charge in [0.25, 0.3) is 5.91 Å². The molecule has 0 saturated heterocycles. The Morgan fingerprint density at radius 3 is 2.32 bits per heavy atom. The van der Waals surface area contributed by atoms with Gasteiger partial charge in [-0.2, -0.15) is 0 Å². The van der Waals surface area contributed by atoms with Crippen LogP contribution in [0.3, 0.4) is 0 Å². The van der Waals surface area contributed by atoms with E-state index in [1.165, 1.54) is 16.9 Å². The molecule has 3 amide bonds. The third-order valence-electron chi connectivity index (χ3n) is 6.29. The van der Waals surface area contributed by atoms with Crippen LogP contribution in [0.15, 0.2) is 47.8 Å². The summed E-state index contributed by atoms with van der Waals surface area (Å²) in [5.74, 6) is 0.957. The van der Waals surface area contributed by atoms with Gasteiger partial charge in [0, 0.05) is 11.4 Å². The summed E-state index contributed by atoms with van der Waals surface area (Å²) in [7, 11) is 0. The number of para-hydroxylation sites is 1. The Hall–Kier alpha value is -2.81. The van der Waals surface area contributed by atoms with Crippen LogP contribution in [0.1, 0.15) is 66.5 Å². The van der Waals surface area contributed by atoms with Crippen molar-refractivity contribution in [3.8, 4) is 5.75 Å². The third kappa shape index (κ3) is 7.37. The van der Waals surface area contributed by atoms with Gasteiger partial charge in [-0.25, -0.2) is 9.78 Å². The minimum absolute atomic E-state index is 0.213. The molecule has 0 bridgehead atoms. The summed E-state index contributed by atoms with van der Waals surface area (Å²) in [4.78, 5) is 30.0. The van der Waals surface area contributed by atoms with Gasteiger partial charge in [0.05, 0.1) is 21.8 Å². The Balaban J connectivity index is 1.31. The maximum absolute atomic E-state index is 12.9. The molecule has 10 heteroatoms. The lowest BCUT2D eigenvalue weighted by Gasteiger charge is -2.32. The Morgan fingerprint density at radius 1 is 1.03 bits per heavy atom. The van der Waals surface area contributed by atoms with E-state index in [9.17, 15) is 9.59 Å². The summed E-state index contributed by atoms with van der Waals surface area (Å²) in [5, 5.41) is 11.9. The fourth-order valence-corrected chi connectivity index (χ4v) is 5.41. The minimum Gasteiger partial charge on any atom is -0.486 e. The van der Waals surface area contributed by atoms with Gasteiger partial charge in [0.2, 0.25) is 0 Å². The predicted molar refractivity (Wildman–Crippen MR) is 149 cm³/mol. The fraction of sp³-hybridized carbons (Fsp3) is 0.370. The van der Waals surface area contributed by atoms with E-state index in [0.717, 1.165) is 31.4 Å². The number of nitrogens with zero attached hydrogens (tertiary/aromatic N) is 1. The smallest absolute Gasteiger partial charge is 0.319 e. The number of carbonyl (C=O) groups excluding carboxylic acids is 2. The fourth-order valence-electron chi connectivity index (χ4n) is 4.23. The van der Waals surface area contributed by atoms with E-state index < -0.39 is 6.03 Å². The first-order valence-electron chi connectivity index (χ1n) is 12.3. The highest BCUT2D eigenvalue weighted by molar-refractivity contribution is 7.09. The topological polar surface area (TPSA) is 92.3 Å². The number of aromatic nitrogens is 1. The highest BCUT2D eigenvalue weighted by Crippen LogP contribution is 2.30. The zero-order valence-electron chi connectivity index (χ0n) is 20.7. The van der Waals surface area contributed by atoms with Gasteiger partial charge in [-0.05, 0) is 48.6 Å². The third-order valence-corrected chi connectivity index (χ3v) is 7.75. The number of halogens is 2. The molecule has 0 radical (unpaired) electrons. The van der Waals surface area contributed by atoms with Crippen LogP contribution < -0.4 is 20.7 Å². The van der Waals surface area contributed by atoms with Crippen LogP contribution >= 0.6 is 34.5 Å². The molecule has 196 valence electrons. The van der Waals surface area contributed by atoms with Crippen molar-refractivity contribution in [1.29, 1.82) is 0 Å². The number of ether oxygens (including phenoxy) is 1. The first-order chi connectivity index (χ1) is 17.8. The second-order valence-corrected chi connectivity index (χ2v) is 11.1. The Kier molecular flexibility index (Phi) is 9.29. The summed E-state index contributed by atoms with van der Waals surface area (Å²) < 4.78 is 5.84. The number of urea groups is 1. The average Bonchev–Trinajstić information content (AvgIpc) is 3.36. The van der Waals surface area contributed by atoms with Gasteiger partial charge < -0.3 is 20.7 Å². The number of anilines is 1. The van der Waals surface area contributed by atoms with Crippen LogP contribution in [0.5, 0.6) is 5.75 Å². The maximum atomic E-state index is 12.9. The lowest BCUT2D eigenvalue weighted by Crippen LogP contribution is -2.54. The average molecular weight is 562 g/mol. The maximum Gasteiger partial charge on any atom is 0.319 e. The summed E-state index contributed by atoms with van der Waals surface area (Å²) in [5.41, 5.74) is 1.95. The van der Waals surface area contributed by atoms with E-state index in [2.05, 4.69) is 46.9 Å². The molecular formula is C27H30Cl2N4O3S. The molecule has 7 nitrogen and oxygen atoms in total. The molecule has 0 spiro atoms. The number of nitrogens with one attached hydrogen (secondary N) is 3. The molecule has 3 N–H and O–H groups in total. The van der Waals surface area contributed by atoms with Gasteiger partial charge >= 0.3 is 6.03 Å². The molecule has 37 heavy (non-hydrogen) atoms. The monoisotopic (exact) mass is 560 g/mol. The summed E-state index contributed by atoms with van der Waals surface area (Å²) in [6.45, 7) is 4.58. The lowest BCUT2D eigenvalue weighted by molar-refractivity contribution is 0.0911. The van der Waals surface area contributed by atoms with E-state index >= 15 is 0 Å². The number of hydrogen-bond acceptors (Lipinski definition) is 5.